The van der Waals surface area contributed by atoms with Crippen molar-refractivity contribution >= 4 is 14.0 Å². The number of carboxylic acids is 1. The predicted octanol–water partition coefficient (Wildman–Crippen LogP) is 5.15. The molecule has 0 spiro atoms. The fourth-order valence-electron chi connectivity index (χ4n) is 4.23. The molecule has 2 aromatic carbocycles. The molecule has 0 bridgehead atoms. The molecule has 1 aliphatic carbocycles. The van der Waals surface area contributed by atoms with E-state index in [0.717, 1.165) is 17.2 Å². The first-order chi connectivity index (χ1) is 15.2. The van der Waals surface area contributed by atoms with Gasteiger partial charge in [-0.3, -0.25) is 4.79 Å². The van der Waals surface area contributed by atoms with Crippen molar-refractivity contribution in [3.8, 4) is 17.2 Å². The summed E-state index contributed by atoms with van der Waals surface area (Å²) >= 11 is 0. The van der Waals surface area contributed by atoms with Crippen LogP contribution in [0.25, 0.3) is 0 Å². The minimum atomic E-state index is -1.18. The smallest absolute Gasteiger partial charge is 0.304 e. The fraction of sp³-hybridized carbons (Fsp3) is 0.458. The number of carboxylic acid groups (broad SMARTS) is 1. The summed E-state index contributed by atoms with van der Waals surface area (Å²) in [5.74, 6) is -0.0676. The van der Waals surface area contributed by atoms with Gasteiger partial charge in [-0.05, 0) is 53.8 Å². The number of aliphatic carboxylic acids is 1. The number of fused-ring (bicyclic) bond motifs is 1. The Kier molecular flexibility index (Phi) is 6.18. The summed E-state index contributed by atoms with van der Waals surface area (Å²) in [7, 11) is -1.18. The molecule has 0 amide bonds. The lowest BCUT2D eigenvalue weighted by Crippen LogP contribution is -2.22. The molecule has 0 aromatic heterocycles. The van der Waals surface area contributed by atoms with E-state index in [-0.39, 0.29) is 31.7 Å². The van der Waals surface area contributed by atoms with E-state index in [1.165, 1.54) is 6.07 Å². The molecule has 172 valence electrons. The molecule has 2 unspecified atom stereocenters. The lowest BCUT2D eigenvalue weighted by molar-refractivity contribution is -0.137. The molecule has 4 rings (SSSR count). The molecule has 1 saturated carbocycles. The van der Waals surface area contributed by atoms with Crippen molar-refractivity contribution in [2.75, 3.05) is 20.2 Å². The Hall–Kier alpha value is -2.58. The standard InChI is InChI=1S/C24H29FO6Si/c1-32(2,3)9-8-28-14-29-20-6-4-16(10-19(20)25)18-12-24(18,13-23(26)27)17-5-7-21-22(11-17)31-15-30-21/h4-7,10-11,18H,8-9,12-15H2,1-3H3,(H,26,27). The Labute approximate surface area is 188 Å². The van der Waals surface area contributed by atoms with E-state index in [9.17, 15) is 14.3 Å². The van der Waals surface area contributed by atoms with Crippen LogP contribution in [0, 0.1) is 5.82 Å². The van der Waals surface area contributed by atoms with Gasteiger partial charge in [0.15, 0.2) is 29.9 Å². The second-order valence-electron chi connectivity index (χ2n) is 9.72. The molecule has 0 saturated heterocycles. The van der Waals surface area contributed by atoms with E-state index in [0.29, 0.717) is 24.5 Å². The number of ether oxygens (including phenoxy) is 4. The summed E-state index contributed by atoms with van der Waals surface area (Å²) in [6, 6.07) is 11.4. The van der Waals surface area contributed by atoms with Crippen LogP contribution in [0.2, 0.25) is 25.7 Å². The first-order valence-corrected chi connectivity index (χ1v) is 14.5. The molecule has 2 atom stereocenters. The van der Waals surface area contributed by atoms with Crippen molar-refractivity contribution in [1.82, 2.24) is 0 Å². The monoisotopic (exact) mass is 460 g/mol. The van der Waals surface area contributed by atoms with Crippen LogP contribution in [0.3, 0.4) is 0 Å². The first kappa shape index (κ1) is 22.6. The van der Waals surface area contributed by atoms with Gasteiger partial charge in [-0.2, -0.15) is 0 Å². The number of carbonyl (C=O) groups is 1. The SMILES string of the molecule is C[Si](C)(C)CCOCOc1ccc(C2CC2(CC(=O)O)c2ccc3c(c2)OCO3)cc1F. The summed E-state index contributed by atoms with van der Waals surface area (Å²) < 4.78 is 36.5. The van der Waals surface area contributed by atoms with Gasteiger partial charge in [-0.25, -0.2) is 4.39 Å². The Morgan fingerprint density at radius 3 is 2.69 bits per heavy atom. The maximum atomic E-state index is 14.7. The van der Waals surface area contributed by atoms with Crippen LogP contribution in [0.15, 0.2) is 36.4 Å². The van der Waals surface area contributed by atoms with Crippen molar-refractivity contribution < 1.29 is 33.2 Å². The molecule has 8 heteroatoms. The van der Waals surface area contributed by atoms with E-state index in [4.69, 9.17) is 18.9 Å². The number of hydrogen-bond acceptors (Lipinski definition) is 5. The highest BCUT2D eigenvalue weighted by molar-refractivity contribution is 6.76. The summed E-state index contributed by atoms with van der Waals surface area (Å²) in [5, 5.41) is 9.54. The van der Waals surface area contributed by atoms with Gasteiger partial charge in [-0.1, -0.05) is 31.8 Å². The maximum Gasteiger partial charge on any atom is 0.304 e. The zero-order valence-electron chi connectivity index (χ0n) is 18.7. The lowest BCUT2D eigenvalue weighted by atomic mass is 9.87. The lowest BCUT2D eigenvalue weighted by Gasteiger charge is -2.17. The molecule has 1 fully saturated rings. The predicted molar refractivity (Wildman–Crippen MR) is 120 cm³/mol. The van der Waals surface area contributed by atoms with Crippen molar-refractivity contribution in [3.05, 3.63) is 53.3 Å². The zero-order chi connectivity index (χ0) is 22.9. The van der Waals surface area contributed by atoms with Crippen LogP contribution in [-0.4, -0.2) is 39.3 Å². The zero-order valence-corrected chi connectivity index (χ0v) is 19.7. The highest BCUT2D eigenvalue weighted by Crippen LogP contribution is 2.63. The van der Waals surface area contributed by atoms with E-state index in [1.54, 1.807) is 12.1 Å². The number of halogens is 1. The first-order valence-electron chi connectivity index (χ1n) is 10.8. The van der Waals surface area contributed by atoms with Crippen LogP contribution in [0.4, 0.5) is 4.39 Å². The van der Waals surface area contributed by atoms with Crippen molar-refractivity contribution in [1.29, 1.82) is 0 Å². The summed E-state index contributed by atoms with van der Waals surface area (Å²) in [5.41, 5.74) is 1.03. The van der Waals surface area contributed by atoms with Crippen molar-refractivity contribution in [2.24, 2.45) is 0 Å². The minimum Gasteiger partial charge on any atom is -0.481 e. The molecule has 2 aliphatic rings. The average Bonchev–Trinajstić information content (AvgIpc) is 3.23. The molecular formula is C24H29FO6Si. The van der Waals surface area contributed by atoms with Gasteiger partial charge in [0.2, 0.25) is 6.79 Å². The molecule has 1 aliphatic heterocycles. The van der Waals surface area contributed by atoms with E-state index in [1.807, 2.05) is 18.2 Å². The molecule has 6 nitrogen and oxygen atoms in total. The second kappa shape index (κ2) is 8.75. The molecule has 1 N–H and O–H groups in total. The number of rotatable bonds is 10. The summed E-state index contributed by atoms with van der Waals surface area (Å²) in [6.45, 7) is 7.56. The topological polar surface area (TPSA) is 74.2 Å². The number of hydrogen-bond donors (Lipinski definition) is 1. The second-order valence-corrected chi connectivity index (χ2v) is 15.3. The average molecular weight is 461 g/mol. The van der Waals surface area contributed by atoms with Gasteiger partial charge < -0.3 is 24.1 Å². The molecule has 2 aromatic rings. The quantitative estimate of drug-likeness (QED) is 0.300. The third-order valence-electron chi connectivity index (χ3n) is 6.14. The van der Waals surface area contributed by atoms with Gasteiger partial charge in [0.05, 0.1) is 6.42 Å². The van der Waals surface area contributed by atoms with Gasteiger partial charge >= 0.3 is 5.97 Å². The number of benzene rings is 2. The van der Waals surface area contributed by atoms with E-state index in [2.05, 4.69) is 19.6 Å². The highest BCUT2D eigenvalue weighted by atomic mass is 28.3. The molecule has 32 heavy (non-hydrogen) atoms. The molecule has 0 radical (unpaired) electrons. The van der Waals surface area contributed by atoms with Crippen LogP contribution in [0.5, 0.6) is 17.2 Å². The maximum absolute atomic E-state index is 14.7. The van der Waals surface area contributed by atoms with Crippen molar-refractivity contribution in [3.63, 3.8) is 0 Å². The Morgan fingerprint density at radius 1 is 1.19 bits per heavy atom. The largest absolute Gasteiger partial charge is 0.481 e. The molecular weight excluding hydrogens is 431 g/mol. The third-order valence-corrected chi connectivity index (χ3v) is 7.85. The summed E-state index contributed by atoms with van der Waals surface area (Å²) in [6.07, 6.45) is 0.584. The van der Waals surface area contributed by atoms with Crippen LogP contribution >= 0.6 is 0 Å². The normalized spacial score (nSPS) is 21.4. The minimum absolute atomic E-state index is 0.00429. The van der Waals surface area contributed by atoms with Crippen molar-refractivity contribution in [2.45, 2.75) is 49.9 Å². The Bertz CT molecular complexity index is 1000. The Morgan fingerprint density at radius 2 is 1.97 bits per heavy atom. The fourth-order valence-corrected chi connectivity index (χ4v) is 4.98. The highest BCUT2D eigenvalue weighted by Gasteiger charge is 2.57. The summed E-state index contributed by atoms with van der Waals surface area (Å²) in [4.78, 5) is 11.6. The van der Waals surface area contributed by atoms with Gasteiger partial charge in [0.25, 0.3) is 0 Å². The van der Waals surface area contributed by atoms with E-state index >= 15 is 0 Å². The Balaban J connectivity index is 1.45. The third kappa shape index (κ3) is 4.91. The van der Waals surface area contributed by atoms with Gasteiger partial charge in [0, 0.05) is 20.1 Å². The van der Waals surface area contributed by atoms with Crippen LogP contribution in [0.1, 0.15) is 29.9 Å². The van der Waals surface area contributed by atoms with Crippen LogP contribution < -0.4 is 14.2 Å². The van der Waals surface area contributed by atoms with Crippen LogP contribution in [-0.2, 0) is 14.9 Å². The van der Waals surface area contributed by atoms with E-state index < -0.39 is 25.3 Å². The van der Waals surface area contributed by atoms with Gasteiger partial charge in [0.1, 0.15) is 0 Å². The van der Waals surface area contributed by atoms with Gasteiger partial charge in [-0.15, -0.1) is 0 Å². The molecule has 1 heterocycles.